The molecule has 4 atom stereocenters. The Bertz CT molecular complexity index is 475. The van der Waals surface area contributed by atoms with Gasteiger partial charge < -0.3 is 20.4 Å². The maximum atomic E-state index is 13.0. The van der Waals surface area contributed by atoms with Gasteiger partial charge in [0.1, 0.15) is 0 Å². The minimum absolute atomic E-state index is 0.167. The molecule has 23 heavy (non-hydrogen) atoms. The zero-order valence-corrected chi connectivity index (χ0v) is 13.8. The molecule has 1 saturated carbocycles. The Morgan fingerprint density at radius 2 is 2.09 bits per heavy atom. The van der Waals surface area contributed by atoms with Gasteiger partial charge in [0.05, 0.1) is 12.5 Å². The quantitative estimate of drug-likeness (QED) is 0.739. The summed E-state index contributed by atoms with van der Waals surface area (Å²) in [6, 6.07) is 0.602. The first-order valence-corrected chi connectivity index (χ1v) is 9.24. The normalized spacial score (nSPS) is 38.0. The Morgan fingerprint density at radius 1 is 1.17 bits per heavy atom. The van der Waals surface area contributed by atoms with Crippen LogP contribution in [0, 0.1) is 11.8 Å². The van der Waals surface area contributed by atoms with Gasteiger partial charge in [-0.3, -0.25) is 9.59 Å². The monoisotopic (exact) mass is 320 g/mol. The third-order valence-corrected chi connectivity index (χ3v) is 6.22. The van der Waals surface area contributed by atoms with Gasteiger partial charge in [-0.15, -0.1) is 0 Å². The molecule has 4 heterocycles. The highest BCUT2D eigenvalue weighted by Gasteiger charge is 2.42. The fourth-order valence-corrected chi connectivity index (χ4v) is 4.93. The number of nitrogens with zero attached hydrogens (tertiary/aromatic N) is 2. The SMILES string of the molecule is O=C(C1CC2CCC1NC2)N1CCCC(N2CCNCC2=O)C1. The average Bonchev–Trinajstić information content (AvgIpc) is 2.62. The van der Waals surface area contributed by atoms with Crippen LogP contribution in [0.5, 0.6) is 0 Å². The highest BCUT2D eigenvalue weighted by Crippen LogP contribution is 2.35. The van der Waals surface area contributed by atoms with E-state index in [0.29, 0.717) is 24.4 Å². The lowest BCUT2D eigenvalue weighted by atomic mass is 9.73. The zero-order valence-electron chi connectivity index (χ0n) is 13.8. The first kappa shape index (κ1) is 15.4. The third kappa shape index (κ3) is 2.98. The number of hydrogen-bond acceptors (Lipinski definition) is 4. The molecule has 4 unspecified atom stereocenters. The molecule has 6 nitrogen and oxygen atoms in total. The number of hydrogen-bond donors (Lipinski definition) is 2. The molecule has 0 aromatic rings. The fraction of sp³-hybridized carbons (Fsp3) is 0.882. The number of likely N-dealkylation sites (tertiary alicyclic amines) is 1. The van der Waals surface area contributed by atoms with Gasteiger partial charge in [-0.1, -0.05) is 0 Å². The van der Waals surface area contributed by atoms with Crippen molar-refractivity contribution in [3.63, 3.8) is 0 Å². The maximum Gasteiger partial charge on any atom is 0.236 e. The van der Waals surface area contributed by atoms with Crippen molar-refractivity contribution in [2.75, 3.05) is 39.3 Å². The summed E-state index contributed by atoms with van der Waals surface area (Å²) in [6.07, 6.45) is 5.53. The highest BCUT2D eigenvalue weighted by atomic mass is 16.2. The van der Waals surface area contributed by atoms with Crippen LogP contribution in [0.1, 0.15) is 32.1 Å². The second kappa shape index (κ2) is 6.40. The third-order valence-electron chi connectivity index (χ3n) is 6.22. The van der Waals surface area contributed by atoms with Gasteiger partial charge in [0.2, 0.25) is 11.8 Å². The summed E-state index contributed by atoms with van der Waals surface area (Å²) in [7, 11) is 0. The average molecular weight is 320 g/mol. The van der Waals surface area contributed by atoms with Crippen molar-refractivity contribution in [3.05, 3.63) is 0 Å². The first-order chi connectivity index (χ1) is 11.2. The summed E-state index contributed by atoms with van der Waals surface area (Å²) in [5.74, 6) is 1.37. The van der Waals surface area contributed by atoms with Crippen molar-refractivity contribution in [2.45, 2.75) is 44.2 Å². The number of rotatable bonds is 2. The molecule has 5 aliphatic rings. The van der Waals surface area contributed by atoms with Crippen LogP contribution < -0.4 is 10.6 Å². The summed E-state index contributed by atoms with van der Waals surface area (Å²) in [5, 5.41) is 6.68. The largest absolute Gasteiger partial charge is 0.340 e. The fourth-order valence-electron chi connectivity index (χ4n) is 4.93. The van der Waals surface area contributed by atoms with Crippen molar-refractivity contribution in [1.29, 1.82) is 0 Å². The van der Waals surface area contributed by atoms with Gasteiger partial charge >= 0.3 is 0 Å². The van der Waals surface area contributed by atoms with E-state index in [1.807, 2.05) is 4.90 Å². The summed E-state index contributed by atoms with van der Waals surface area (Å²) >= 11 is 0. The molecule has 0 radical (unpaired) electrons. The zero-order chi connectivity index (χ0) is 15.8. The summed E-state index contributed by atoms with van der Waals surface area (Å²) in [6.45, 7) is 4.78. The Kier molecular flexibility index (Phi) is 4.28. The molecule has 1 aliphatic carbocycles. The lowest BCUT2D eigenvalue weighted by Crippen LogP contribution is -2.60. The molecule has 2 bridgehead atoms. The van der Waals surface area contributed by atoms with Crippen molar-refractivity contribution in [1.82, 2.24) is 20.4 Å². The number of carbonyl (C=O) groups is 2. The summed E-state index contributed by atoms with van der Waals surface area (Å²) < 4.78 is 0. The molecular weight excluding hydrogens is 292 g/mol. The van der Waals surface area contributed by atoms with E-state index < -0.39 is 0 Å². The molecule has 6 heteroatoms. The lowest BCUT2D eigenvalue weighted by molar-refractivity contribution is -0.145. The van der Waals surface area contributed by atoms with Crippen LogP contribution in [-0.2, 0) is 9.59 Å². The van der Waals surface area contributed by atoms with Crippen molar-refractivity contribution < 1.29 is 9.59 Å². The second-order valence-corrected chi connectivity index (χ2v) is 7.64. The van der Waals surface area contributed by atoms with E-state index in [0.717, 1.165) is 58.4 Å². The van der Waals surface area contributed by atoms with E-state index in [1.165, 1.54) is 6.42 Å². The molecule has 4 saturated heterocycles. The van der Waals surface area contributed by atoms with E-state index in [4.69, 9.17) is 0 Å². The summed E-state index contributed by atoms with van der Waals surface area (Å²) in [4.78, 5) is 29.2. The van der Waals surface area contributed by atoms with Gasteiger partial charge in [-0.25, -0.2) is 0 Å². The maximum absolute atomic E-state index is 13.0. The standard InChI is InChI=1S/C17H28N4O2/c22-16-10-18-5-7-21(16)13-2-1-6-20(11-13)17(23)14-8-12-3-4-15(14)19-9-12/h12-15,18-19H,1-11H2. The Balaban J connectivity index is 1.40. The van der Waals surface area contributed by atoms with Crippen LogP contribution in [0.4, 0.5) is 0 Å². The molecule has 128 valence electrons. The predicted molar refractivity (Wildman–Crippen MR) is 86.8 cm³/mol. The first-order valence-electron chi connectivity index (χ1n) is 9.24. The van der Waals surface area contributed by atoms with E-state index in [1.54, 1.807) is 0 Å². The number of piperazine rings is 1. The predicted octanol–water partition coefficient (Wildman–Crippen LogP) is -0.203. The smallest absolute Gasteiger partial charge is 0.236 e. The van der Waals surface area contributed by atoms with Gasteiger partial charge in [0.25, 0.3) is 0 Å². The Hall–Kier alpha value is -1.14. The van der Waals surface area contributed by atoms with Crippen LogP contribution >= 0.6 is 0 Å². The minimum atomic E-state index is 0.167. The van der Waals surface area contributed by atoms with Crippen LogP contribution in [0.25, 0.3) is 0 Å². The number of piperidine rings is 3. The van der Waals surface area contributed by atoms with E-state index in [9.17, 15) is 9.59 Å². The van der Waals surface area contributed by atoms with Crippen LogP contribution in [0.2, 0.25) is 0 Å². The minimum Gasteiger partial charge on any atom is -0.340 e. The topological polar surface area (TPSA) is 64.7 Å². The van der Waals surface area contributed by atoms with Gasteiger partial charge in [0.15, 0.2) is 0 Å². The van der Waals surface area contributed by atoms with Crippen LogP contribution in [-0.4, -0.2) is 73.0 Å². The van der Waals surface area contributed by atoms with Gasteiger partial charge in [-0.05, 0) is 44.6 Å². The lowest BCUT2D eigenvalue weighted by Gasteiger charge is -2.46. The van der Waals surface area contributed by atoms with Crippen LogP contribution in [0.15, 0.2) is 0 Å². The summed E-state index contributed by atoms with van der Waals surface area (Å²) in [5.41, 5.74) is 0. The van der Waals surface area contributed by atoms with Gasteiger partial charge in [0, 0.05) is 38.3 Å². The molecule has 2 N–H and O–H groups in total. The molecule has 0 spiro atoms. The number of nitrogens with one attached hydrogen (secondary N) is 2. The van der Waals surface area contributed by atoms with E-state index >= 15 is 0 Å². The van der Waals surface area contributed by atoms with E-state index in [2.05, 4.69) is 15.5 Å². The number of amides is 2. The Morgan fingerprint density at radius 3 is 2.78 bits per heavy atom. The number of carbonyl (C=O) groups excluding carboxylic acids is 2. The molecule has 0 aromatic carbocycles. The molecule has 0 aromatic heterocycles. The van der Waals surface area contributed by atoms with Crippen molar-refractivity contribution in [3.8, 4) is 0 Å². The Labute approximate surface area is 137 Å². The molecule has 4 aliphatic heterocycles. The van der Waals surface area contributed by atoms with E-state index in [-0.39, 0.29) is 17.9 Å². The van der Waals surface area contributed by atoms with Crippen LogP contribution in [0.3, 0.4) is 0 Å². The molecule has 5 rings (SSSR count). The van der Waals surface area contributed by atoms with Crippen molar-refractivity contribution >= 4 is 11.8 Å². The second-order valence-electron chi connectivity index (χ2n) is 7.64. The number of fused-ring (bicyclic) bond motifs is 3. The molecular formula is C17H28N4O2. The molecule has 2 amide bonds. The van der Waals surface area contributed by atoms with Crippen molar-refractivity contribution in [2.24, 2.45) is 11.8 Å². The molecule has 5 fully saturated rings. The van der Waals surface area contributed by atoms with Gasteiger partial charge in [-0.2, -0.15) is 0 Å². The highest BCUT2D eigenvalue weighted by molar-refractivity contribution is 5.81.